The average Bonchev–Trinajstić information content (AvgIpc) is 3.34. The summed E-state index contributed by atoms with van der Waals surface area (Å²) in [6.45, 7) is 0.748. The number of nitrogens with two attached hydrogens (primary N) is 1. The number of methoxy groups -OCH3 is 1. The SMILES string of the molecule is COc1cccc(CC2(C(=O)NC3CC3)CN(C(=O)c3csc(N)n3)C2)c1. The largest absolute Gasteiger partial charge is 0.497 e. The van der Waals surface area contributed by atoms with Crippen molar-refractivity contribution in [3.63, 3.8) is 0 Å². The lowest BCUT2D eigenvalue weighted by molar-refractivity contribution is -0.139. The third-order valence-electron chi connectivity index (χ3n) is 5.09. The van der Waals surface area contributed by atoms with Gasteiger partial charge in [0.15, 0.2) is 5.13 Å². The van der Waals surface area contributed by atoms with Gasteiger partial charge in [0.2, 0.25) is 5.91 Å². The first-order valence-electron chi connectivity index (χ1n) is 8.93. The molecular weight excluding hydrogens is 364 g/mol. The highest BCUT2D eigenvalue weighted by molar-refractivity contribution is 7.13. The van der Waals surface area contributed by atoms with Gasteiger partial charge in [0, 0.05) is 24.5 Å². The molecule has 1 saturated carbocycles. The van der Waals surface area contributed by atoms with E-state index in [4.69, 9.17) is 10.5 Å². The highest BCUT2D eigenvalue weighted by atomic mass is 32.1. The Hall–Kier alpha value is -2.61. The van der Waals surface area contributed by atoms with Gasteiger partial charge in [0.25, 0.3) is 5.91 Å². The molecule has 2 aromatic rings. The number of aromatic nitrogens is 1. The second kappa shape index (κ2) is 6.84. The maximum atomic E-state index is 13.0. The lowest BCUT2D eigenvalue weighted by Gasteiger charge is -2.48. The van der Waals surface area contributed by atoms with Gasteiger partial charge >= 0.3 is 0 Å². The molecule has 7 nitrogen and oxygen atoms in total. The Morgan fingerprint density at radius 1 is 1.41 bits per heavy atom. The fraction of sp³-hybridized carbons (Fsp3) is 0.421. The number of benzene rings is 1. The Labute approximate surface area is 161 Å². The molecule has 1 aromatic carbocycles. The third-order valence-corrected chi connectivity index (χ3v) is 5.76. The van der Waals surface area contributed by atoms with Gasteiger partial charge in [-0.2, -0.15) is 0 Å². The summed E-state index contributed by atoms with van der Waals surface area (Å²) in [5, 5.41) is 5.13. The molecule has 27 heavy (non-hydrogen) atoms. The summed E-state index contributed by atoms with van der Waals surface area (Å²) >= 11 is 1.24. The molecule has 0 unspecified atom stereocenters. The van der Waals surface area contributed by atoms with Crippen LogP contribution in [0.5, 0.6) is 5.75 Å². The Morgan fingerprint density at radius 2 is 2.19 bits per heavy atom. The van der Waals surface area contributed by atoms with E-state index in [1.165, 1.54) is 11.3 Å². The quantitative estimate of drug-likeness (QED) is 0.787. The highest BCUT2D eigenvalue weighted by Crippen LogP contribution is 2.37. The van der Waals surface area contributed by atoms with Crippen molar-refractivity contribution in [1.82, 2.24) is 15.2 Å². The summed E-state index contributed by atoms with van der Waals surface area (Å²) in [5.74, 6) is 0.605. The first kappa shape index (κ1) is 17.8. The maximum absolute atomic E-state index is 13.0. The van der Waals surface area contributed by atoms with E-state index in [9.17, 15) is 9.59 Å². The first-order valence-corrected chi connectivity index (χ1v) is 9.81. The summed E-state index contributed by atoms with van der Waals surface area (Å²) < 4.78 is 5.29. The van der Waals surface area contributed by atoms with E-state index in [1.54, 1.807) is 17.4 Å². The summed E-state index contributed by atoms with van der Waals surface area (Å²) in [4.78, 5) is 31.3. The van der Waals surface area contributed by atoms with E-state index in [0.717, 1.165) is 24.2 Å². The number of hydrogen-bond acceptors (Lipinski definition) is 6. The second-order valence-corrected chi connectivity index (χ2v) is 8.18. The number of rotatable bonds is 6. The zero-order valence-corrected chi connectivity index (χ0v) is 15.9. The summed E-state index contributed by atoms with van der Waals surface area (Å²) in [6.07, 6.45) is 2.62. The maximum Gasteiger partial charge on any atom is 0.273 e. The van der Waals surface area contributed by atoms with Crippen LogP contribution in [0.3, 0.4) is 0 Å². The monoisotopic (exact) mass is 386 g/mol. The molecule has 4 rings (SSSR count). The fourth-order valence-corrected chi connectivity index (χ4v) is 3.99. The standard InChI is InChI=1S/C19H22N4O3S/c1-26-14-4-2-3-12(7-14)8-19(17(25)21-13-5-6-13)10-23(11-19)16(24)15-9-27-18(20)22-15/h2-4,7,9,13H,5-6,8,10-11H2,1H3,(H2,20,22)(H,21,25). The van der Waals surface area contributed by atoms with Gasteiger partial charge in [-0.25, -0.2) is 4.98 Å². The smallest absolute Gasteiger partial charge is 0.273 e. The molecule has 2 fully saturated rings. The lowest BCUT2D eigenvalue weighted by Crippen LogP contribution is -2.65. The zero-order valence-electron chi connectivity index (χ0n) is 15.1. The number of nitrogen functional groups attached to an aromatic ring is 1. The van der Waals surface area contributed by atoms with Crippen molar-refractivity contribution in [2.45, 2.75) is 25.3 Å². The minimum absolute atomic E-state index is 0.0228. The van der Waals surface area contributed by atoms with E-state index in [2.05, 4.69) is 10.3 Å². The van der Waals surface area contributed by atoms with Crippen LogP contribution in [0.15, 0.2) is 29.6 Å². The van der Waals surface area contributed by atoms with E-state index in [-0.39, 0.29) is 17.9 Å². The van der Waals surface area contributed by atoms with Crippen molar-refractivity contribution in [3.05, 3.63) is 40.9 Å². The number of thiazole rings is 1. The summed E-state index contributed by atoms with van der Waals surface area (Å²) in [7, 11) is 1.62. The van der Waals surface area contributed by atoms with Crippen molar-refractivity contribution in [1.29, 1.82) is 0 Å². The van der Waals surface area contributed by atoms with E-state index in [1.807, 2.05) is 24.3 Å². The van der Waals surface area contributed by atoms with Crippen molar-refractivity contribution >= 4 is 28.3 Å². The van der Waals surface area contributed by atoms with Crippen LogP contribution < -0.4 is 15.8 Å². The third kappa shape index (κ3) is 3.62. The number of anilines is 1. The van der Waals surface area contributed by atoms with Gasteiger partial charge < -0.3 is 20.7 Å². The molecule has 0 bridgehead atoms. The average molecular weight is 386 g/mol. The van der Waals surface area contributed by atoms with Gasteiger partial charge in [-0.05, 0) is 37.0 Å². The normalized spacial score (nSPS) is 17.9. The number of nitrogens with one attached hydrogen (secondary N) is 1. The number of nitrogens with zero attached hydrogens (tertiary/aromatic N) is 2. The number of likely N-dealkylation sites (tertiary alicyclic amines) is 1. The summed E-state index contributed by atoms with van der Waals surface area (Å²) in [5.41, 5.74) is 6.37. The molecule has 1 aliphatic carbocycles. The van der Waals surface area contributed by atoms with Crippen molar-refractivity contribution in [3.8, 4) is 5.75 Å². The molecule has 1 saturated heterocycles. The first-order chi connectivity index (χ1) is 13.0. The molecule has 2 aliphatic rings. The predicted molar refractivity (Wildman–Crippen MR) is 103 cm³/mol. The van der Waals surface area contributed by atoms with Crippen molar-refractivity contribution < 1.29 is 14.3 Å². The van der Waals surface area contributed by atoms with Crippen LogP contribution >= 0.6 is 11.3 Å². The van der Waals surface area contributed by atoms with E-state index < -0.39 is 5.41 Å². The highest BCUT2D eigenvalue weighted by Gasteiger charge is 2.52. The van der Waals surface area contributed by atoms with Crippen LogP contribution in [0.4, 0.5) is 5.13 Å². The molecule has 3 N–H and O–H groups in total. The van der Waals surface area contributed by atoms with Gasteiger partial charge in [0.05, 0.1) is 12.5 Å². The van der Waals surface area contributed by atoms with Crippen LogP contribution in [0.25, 0.3) is 0 Å². The van der Waals surface area contributed by atoms with Gasteiger partial charge in [0.1, 0.15) is 11.4 Å². The predicted octanol–water partition coefficient (Wildman–Crippen LogP) is 1.70. The number of ether oxygens (including phenoxy) is 1. The molecule has 2 heterocycles. The van der Waals surface area contributed by atoms with Crippen LogP contribution in [0.1, 0.15) is 28.9 Å². The number of amides is 2. The minimum Gasteiger partial charge on any atom is -0.497 e. The van der Waals surface area contributed by atoms with Gasteiger partial charge in [-0.1, -0.05) is 12.1 Å². The Kier molecular flexibility index (Phi) is 4.51. The molecular formula is C19H22N4O3S. The van der Waals surface area contributed by atoms with E-state index >= 15 is 0 Å². The number of carbonyl (C=O) groups excluding carboxylic acids is 2. The molecule has 0 radical (unpaired) electrons. The molecule has 0 atom stereocenters. The Bertz CT molecular complexity index is 871. The number of carbonyl (C=O) groups is 2. The fourth-order valence-electron chi connectivity index (χ4n) is 3.45. The topological polar surface area (TPSA) is 97.5 Å². The Balaban J connectivity index is 1.51. The van der Waals surface area contributed by atoms with E-state index in [0.29, 0.717) is 30.3 Å². The molecule has 1 aromatic heterocycles. The lowest BCUT2D eigenvalue weighted by atomic mass is 9.73. The van der Waals surface area contributed by atoms with Crippen molar-refractivity contribution in [2.75, 3.05) is 25.9 Å². The van der Waals surface area contributed by atoms with Crippen LogP contribution in [0, 0.1) is 5.41 Å². The zero-order chi connectivity index (χ0) is 19.0. The summed E-state index contributed by atoms with van der Waals surface area (Å²) in [6, 6.07) is 8.00. The molecule has 142 valence electrons. The van der Waals surface area contributed by atoms with Gasteiger partial charge in [-0.3, -0.25) is 9.59 Å². The Morgan fingerprint density at radius 3 is 2.81 bits per heavy atom. The molecule has 8 heteroatoms. The van der Waals surface area contributed by atoms with Gasteiger partial charge in [-0.15, -0.1) is 11.3 Å². The van der Waals surface area contributed by atoms with Crippen molar-refractivity contribution in [2.24, 2.45) is 5.41 Å². The molecule has 0 spiro atoms. The second-order valence-electron chi connectivity index (χ2n) is 7.29. The minimum atomic E-state index is -0.619. The molecule has 2 amide bonds. The van der Waals surface area contributed by atoms with Crippen LogP contribution in [0.2, 0.25) is 0 Å². The van der Waals surface area contributed by atoms with Crippen LogP contribution in [-0.2, 0) is 11.2 Å². The van der Waals surface area contributed by atoms with Crippen LogP contribution in [-0.4, -0.2) is 47.9 Å². The molecule has 1 aliphatic heterocycles. The number of hydrogen-bond donors (Lipinski definition) is 2.